The Morgan fingerprint density at radius 2 is 2.07 bits per heavy atom. The molecule has 0 aliphatic carbocycles. The molecule has 14 heavy (non-hydrogen) atoms. The average molecular weight is 258 g/mol. The van der Waals surface area contributed by atoms with Crippen molar-refractivity contribution in [1.82, 2.24) is 5.32 Å². The van der Waals surface area contributed by atoms with Gasteiger partial charge in [-0.1, -0.05) is 35.8 Å². The van der Waals surface area contributed by atoms with Crippen molar-refractivity contribution in [3.05, 3.63) is 28.2 Å². The van der Waals surface area contributed by atoms with Gasteiger partial charge < -0.3 is 10.4 Å². The van der Waals surface area contributed by atoms with Crippen molar-refractivity contribution in [2.45, 2.75) is 19.3 Å². The Labute approximate surface area is 93.5 Å². The van der Waals surface area contributed by atoms with Gasteiger partial charge in [-0.3, -0.25) is 0 Å². The van der Waals surface area contributed by atoms with Crippen LogP contribution in [0.5, 0.6) is 5.75 Å². The highest BCUT2D eigenvalue weighted by atomic mass is 79.9. The smallest absolute Gasteiger partial charge is 0.116 e. The molecule has 1 aromatic rings. The van der Waals surface area contributed by atoms with Crippen LogP contribution in [0.15, 0.2) is 22.7 Å². The minimum absolute atomic E-state index is 0.0568. The largest absolute Gasteiger partial charge is 0.508 e. The van der Waals surface area contributed by atoms with Crippen molar-refractivity contribution in [3.8, 4) is 5.75 Å². The number of phenolic OH excluding ortho intramolecular Hbond substituents is 1. The second-order valence-electron chi connectivity index (χ2n) is 4.08. The molecule has 2 nitrogen and oxygen atoms in total. The molecule has 0 aromatic heterocycles. The molecular formula is C11H16BrNO. The molecule has 0 spiro atoms. The number of halogens is 1. The van der Waals surface area contributed by atoms with Crippen LogP contribution < -0.4 is 5.32 Å². The first kappa shape index (κ1) is 11.5. The maximum Gasteiger partial charge on any atom is 0.116 e. The van der Waals surface area contributed by atoms with Gasteiger partial charge in [-0.05, 0) is 24.7 Å². The number of phenols is 1. The number of benzene rings is 1. The maximum absolute atomic E-state index is 9.29. The minimum atomic E-state index is 0.0568. The highest BCUT2D eigenvalue weighted by Crippen LogP contribution is 2.31. The third kappa shape index (κ3) is 2.49. The fourth-order valence-corrected chi connectivity index (χ4v) is 2.49. The van der Waals surface area contributed by atoms with Crippen LogP contribution in [0.2, 0.25) is 0 Å². The van der Waals surface area contributed by atoms with Crippen molar-refractivity contribution < 1.29 is 5.11 Å². The van der Waals surface area contributed by atoms with E-state index in [1.807, 2.05) is 13.1 Å². The van der Waals surface area contributed by atoms with E-state index in [1.165, 1.54) is 5.56 Å². The molecule has 0 saturated heterocycles. The molecule has 0 fully saturated rings. The van der Waals surface area contributed by atoms with Gasteiger partial charge in [-0.25, -0.2) is 0 Å². The molecule has 78 valence electrons. The van der Waals surface area contributed by atoms with Crippen LogP contribution in [0.3, 0.4) is 0 Å². The molecule has 0 saturated carbocycles. The van der Waals surface area contributed by atoms with E-state index in [2.05, 4.69) is 35.1 Å². The van der Waals surface area contributed by atoms with E-state index in [0.717, 1.165) is 11.0 Å². The first-order valence-corrected chi connectivity index (χ1v) is 5.40. The molecule has 0 heterocycles. The van der Waals surface area contributed by atoms with Gasteiger partial charge in [0.2, 0.25) is 0 Å². The van der Waals surface area contributed by atoms with E-state index >= 15 is 0 Å². The Balaban J connectivity index is 3.06. The summed E-state index contributed by atoms with van der Waals surface area (Å²) in [7, 11) is 1.94. The molecule has 0 bridgehead atoms. The van der Waals surface area contributed by atoms with Crippen LogP contribution in [0.4, 0.5) is 0 Å². The summed E-state index contributed by atoms with van der Waals surface area (Å²) < 4.78 is 0.956. The van der Waals surface area contributed by atoms with E-state index in [0.29, 0.717) is 5.75 Å². The predicted molar refractivity (Wildman–Crippen MR) is 62.8 cm³/mol. The Hall–Kier alpha value is -0.540. The maximum atomic E-state index is 9.29. The monoisotopic (exact) mass is 257 g/mol. The van der Waals surface area contributed by atoms with Crippen molar-refractivity contribution in [2.75, 3.05) is 13.6 Å². The van der Waals surface area contributed by atoms with E-state index < -0.39 is 0 Å². The molecule has 0 unspecified atom stereocenters. The van der Waals surface area contributed by atoms with Crippen molar-refractivity contribution in [3.63, 3.8) is 0 Å². The van der Waals surface area contributed by atoms with Crippen molar-refractivity contribution in [2.24, 2.45) is 0 Å². The average Bonchev–Trinajstić information content (AvgIpc) is 2.02. The molecule has 0 aliphatic rings. The molecule has 1 aromatic carbocycles. The van der Waals surface area contributed by atoms with Gasteiger partial charge in [0.05, 0.1) is 0 Å². The fraction of sp³-hybridized carbons (Fsp3) is 0.455. The van der Waals surface area contributed by atoms with Crippen LogP contribution in [-0.2, 0) is 5.41 Å². The van der Waals surface area contributed by atoms with Crippen LogP contribution in [0.25, 0.3) is 0 Å². The van der Waals surface area contributed by atoms with E-state index in [9.17, 15) is 5.11 Å². The zero-order valence-electron chi connectivity index (χ0n) is 8.76. The Morgan fingerprint density at radius 1 is 1.43 bits per heavy atom. The summed E-state index contributed by atoms with van der Waals surface area (Å²) in [6.07, 6.45) is 0. The number of nitrogens with one attached hydrogen (secondary N) is 1. The van der Waals surface area contributed by atoms with Gasteiger partial charge >= 0.3 is 0 Å². The van der Waals surface area contributed by atoms with Gasteiger partial charge in [0, 0.05) is 16.4 Å². The number of aromatic hydroxyl groups is 1. The summed E-state index contributed by atoms with van der Waals surface area (Å²) >= 11 is 3.47. The van der Waals surface area contributed by atoms with Crippen LogP contribution in [0.1, 0.15) is 19.4 Å². The molecular weight excluding hydrogens is 242 g/mol. The van der Waals surface area contributed by atoms with E-state index in [4.69, 9.17) is 0 Å². The summed E-state index contributed by atoms with van der Waals surface area (Å²) in [6.45, 7) is 5.23. The number of hydrogen-bond acceptors (Lipinski definition) is 2. The van der Waals surface area contributed by atoms with E-state index in [-0.39, 0.29) is 5.41 Å². The molecule has 1 rings (SSSR count). The lowest BCUT2D eigenvalue weighted by atomic mass is 9.84. The van der Waals surface area contributed by atoms with Gasteiger partial charge in [0.15, 0.2) is 0 Å². The van der Waals surface area contributed by atoms with Crippen molar-refractivity contribution >= 4 is 15.9 Å². The second kappa shape index (κ2) is 4.32. The lowest BCUT2D eigenvalue weighted by Crippen LogP contribution is -2.30. The summed E-state index contributed by atoms with van der Waals surface area (Å²) in [5.41, 5.74) is 1.26. The molecule has 0 amide bonds. The number of hydrogen-bond donors (Lipinski definition) is 2. The number of rotatable bonds is 3. The highest BCUT2D eigenvalue weighted by Gasteiger charge is 2.22. The molecule has 3 heteroatoms. The van der Waals surface area contributed by atoms with Gasteiger partial charge in [-0.2, -0.15) is 0 Å². The van der Waals surface area contributed by atoms with E-state index in [1.54, 1.807) is 12.1 Å². The Bertz CT molecular complexity index is 323. The zero-order valence-corrected chi connectivity index (χ0v) is 10.4. The molecule has 0 aliphatic heterocycles. The van der Waals surface area contributed by atoms with Gasteiger partial charge in [0.25, 0.3) is 0 Å². The lowest BCUT2D eigenvalue weighted by molar-refractivity contribution is 0.469. The van der Waals surface area contributed by atoms with Crippen LogP contribution >= 0.6 is 15.9 Å². The lowest BCUT2D eigenvalue weighted by Gasteiger charge is -2.26. The zero-order chi connectivity index (χ0) is 10.8. The fourth-order valence-electron chi connectivity index (χ4n) is 1.59. The van der Waals surface area contributed by atoms with Crippen LogP contribution in [-0.4, -0.2) is 18.7 Å². The number of likely N-dealkylation sites (N-methyl/N-ethyl adjacent to an activating group) is 1. The predicted octanol–water partition coefficient (Wildman–Crippen LogP) is 2.65. The first-order valence-electron chi connectivity index (χ1n) is 4.61. The van der Waals surface area contributed by atoms with Gasteiger partial charge in [0.1, 0.15) is 5.75 Å². The molecule has 2 N–H and O–H groups in total. The first-order chi connectivity index (χ1) is 6.47. The normalized spacial score (nSPS) is 11.7. The van der Waals surface area contributed by atoms with Crippen LogP contribution in [0, 0.1) is 0 Å². The molecule has 0 radical (unpaired) electrons. The molecule has 0 atom stereocenters. The second-order valence-corrected chi connectivity index (χ2v) is 4.93. The summed E-state index contributed by atoms with van der Waals surface area (Å²) in [5, 5.41) is 12.5. The topological polar surface area (TPSA) is 32.3 Å². The third-order valence-corrected chi connectivity index (χ3v) is 2.96. The third-order valence-electron chi connectivity index (χ3n) is 2.30. The van der Waals surface area contributed by atoms with Crippen molar-refractivity contribution in [1.29, 1.82) is 0 Å². The highest BCUT2D eigenvalue weighted by molar-refractivity contribution is 9.10. The Morgan fingerprint density at radius 3 is 2.57 bits per heavy atom. The van der Waals surface area contributed by atoms with Gasteiger partial charge in [-0.15, -0.1) is 0 Å². The summed E-state index contributed by atoms with van der Waals surface area (Å²) in [6, 6.07) is 5.40. The SMILES string of the molecule is CNCC(C)(C)c1ccc(O)cc1Br. The minimum Gasteiger partial charge on any atom is -0.508 e. The quantitative estimate of drug-likeness (QED) is 0.873. The Kier molecular flexibility index (Phi) is 3.56. The summed E-state index contributed by atoms with van der Waals surface area (Å²) in [5.74, 6) is 0.292. The standard InChI is InChI=1S/C11H16BrNO/c1-11(2,7-13-3)9-5-4-8(14)6-10(9)12/h4-6,13-14H,7H2,1-3H3. The summed E-state index contributed by atoms with van der Waals surface area (Å²) in [4.78, 5) is 0.